The molecule has 0 radical (unpaired) electrons. The molecule has 172 valence electrons. The third-order valence-corrected chi connectivity index (χ3v) is 8.04. The molecule has 0 spiro atoms. The van der Waals surface area contributed by atoms with E-state index in [-0.39, 0.29) is 35.5 Å². The number of rotatable bonds is 7. The molecule has 3 rings (SSSR count). The monoisotopic (exact) mass is 454 g/mol. The van der Waals surface area contributed by atoms with Crippen molar-refractivity contribution in [2.45, 2.75) is 31.6 Å². The topological polar surface area (TPSA) is 113 Å². The zero-order chi connectivity index (χ0) is 22.6. The van der Waals surface area contributed by atoms with Gasteiger partial charge in [-0.25, -0.2) is 8.42 Å². The fraction of sp³-hybridized carbons (Fsp3) is 0.650. The van der Waals surface area contributed by atoms with E-state index in [0.717, 1.165) is 18.9 Å². The van der Waals surface area contributed by atoms with Gasteiger partial charge >= 0.3 is 0 Å². The molecule has 2 aliphatic heterocycles. The highest BCUT2D eigenvalue weighted by atomic mass is 32.2. The molecule has 0 atom stereocenters. The van der Waals surface area contributed by atoms with Crippen molar-refractivity contribution in [1.82, 2.24) is 9.21 Å². The number of nitrogens with zero attached hydrogens (tertiary/aromatic N) is 4. The molecule has 0 aromatic heterocycles. The Hall–Kier alpha value is -2.24. The minimum absolute atomic E-state index is 0.0146. The number of piperazine rings is 1. The summed E-state index contributed by atoms with van der Waals surface area (Å²) in [6.07, 6.45) is 1.46. The van der Waals surface area contributed by atoms with E-state index in [1.54, 1.807) is 13.8 Å². The van der Waals surface area contributed by atoms with Gasteiger partial charge in [0, 0.05) is 64.5 Å². The van der Waals surface area contributed by atoms with Gasteiger partial charge in [0.1, 0.15) is 5.69 Å². The molecular formula is C20H30N4O6S. The summed E-state index contributed by atoms with van der Waals surface area (Å²) in [5.41, 5.74) is 0.138. The summed E-state index contributed by atoms with van der Waals surface area (Å²) in [5, 5.41) is 11.7. The number of nitro benzene ring substituents is 1. The highest BCUT2D eigenvalue weighted by Crippen LogP contribution is 2.32. The van der Waals surface area contributed by atoms with Crippen molar-refractivity contribution in [3.8, 4) is 0 Å². The molecule has 2 saturated heterocycles. The number of nitro groups is 1. The largest absolute Gasteiger partial charge is 0.381 e. The number of amides is 1. The van der Waals surface area contributed by atoms with E-state index < -0.39 is 14.9 Å². The van der Waals surface area contributed by atoms with Crippen LogP contribution in [0.15, 0.2) is 23.1 Å². The van der Waals surface area contributed by atoms with E-state index >= 15 is 0 Å². The van der Waals surface area contributed by atoms with E-state index in [2.05, 4.69) is 0 Å². The lowest BCUT2D eigenvalue weighted by molar-refractivity contribution is -0.384. The van der Waals surface area contributed by atoms with Crippen LogP contribution in [0.1, 0.15) is 26.7 Å². The van der Waals surface area contributed by atoms with Gasteiger partial charge in [-0.15, -0.1) is 0 Å². The summed E-state index contributed by atoms with van der Waals surface area (Å²) < 4.78 is 32.1. The first kappa shape index (κ1) is 23.4. The standard InChI is InChI=1S/C20H30N4O6S/c1-3-23(4-2)31(28,29)17-5-6-18(19(15-17)24(26)27)21-9-11-22(12-10-21)20(25)16-7-13-30-14-8-16/h5-6,15-16H,3-4,7-14H2,1-2H3. The SMILES string of the molecule is CCN(CC)S(=O)(=O)c1ccc(N2CCN(C(=O)C3CCOCC3)CC2)c([N+](=O)[O-])c1. The van der Waals surface area contributed by atoms with Crippen molar-refractivity contribution in [1.29, 1.82) is 0 Å². The molecule has 2 heterocycles. The average molecular weight is 455 g/mol. The van der Waals surface area contributed by atoms with Crippen LogP contribution in [-0.2, 0) is 19.6 Å². The number of sulfonamides is 1. The maximum Gasteiger partial charge on any atom is 0.293 e. The summed E-state index contributed by atoms with van der Waals surface area (Å²) in [5.74, 6) is 0.109. The first-order chi connectivity index (χ1) is 14.8. The molecule has 0 N–H and O–H groups in total. The van der Waals surface area contributed by atoms with E-state index in [1.165, 1.54) is 16.4 Å². The molecule has 2 aliphatic rings. The second kappa shape index (κ2) is 9.92. The lowest BCUT2D eigenvalue weighted by Gasteiger charge is -2.38. The first-order valence-electron chi connectivity index (χ1n) is 10.7. The maximum atomic E-state index is 12.8. The minimum Gasteiger partial charge on any atom is -0.381 e. The molecular weight excluding hydrogens is 424 g/mol. The normalized spacial score (nSPS) is 18.4. The van der Waals surface area contributed by atoms with Crippen molar-refractivity contribution in [3.05, 3.63) is 28.3 Å². The molecule has 2 fully saturated rings. The summed E-state index contributed by atoms with van der Waals surface area (Å²) in [6.45, 7) is 7.11. The molecule has 0 saturated carbocycles. The van der Waals surface area contributed by atoms with Crippen LogP contribution in [0, 0.1) is 16.0 Å². The second-order valence-electron chi connectivity index (χ2n) is 7.70. The lowest BCUT2D eigenvalue weighted by Crippen LogP contribution is -2.51. The Morgan fingerprint density at radius 2 is 1.77 bits per heavy atom. The van der Waals surface area contributed by atoms with Crippen molar-refractivity contribution in [2.75, 3.05) is 57.4 Å². The van der Waals surface area contributed by atoms with Crippen LogP contribution in [-0.4, -0.2) is 80.9 Å². The number of carbonyl (C=O) groups excluding carboxylic acids is 1. The summed E-state index contributed by atoms with van der Waals surface area (Å²) in [6, 6.07) is 4.07. The lowest BCUT2D eigenvalue weighted by atomic mass is 9.98. The van der Waals surface area contributed by atoms with E-state index in [1.807, 2.05) is 9.80 Å². The minimum atomic E-state index is -3.79. The quantitative estimate of drug-likeness (QED) is 0.455. The molecule has 31 heavy (non-hydrogen) atoms. The Morgan fingerprint density at radius 3 is 2.32 bits per heavy atom. The number of carbonyl (C=O) groups is 1. The summed E-state index contributed by atoms with van der Waals surface area (Å²) in [7, 11) is -3.79. The zero-order valence-electron chi connectivity index (χ0n) is 18.0. The third kappa shape index (κ3) is 4.99. The first-order valence-corrected chi connectivity index (χ1v) is 12.1. The molecule has 1 aromatic rings. The van der Waals surface area contributed by atoms with Crippen molar-refractivity contribution in [3.63, 3.8) is 0 Å². The van der Waals surface area contributed by atoms with E-state index in [0.29, 0.717) is 45.1 Å². The molecule has 1 aromatic carbocycles. The van der Waals surface area contributed by atoms with Crippen LogP contribution >= 0.6 is 0 Å². The number of anilines is 1. The number of hydrogen-bond acceptors (Lipinski definition) is 7. The van der Waals surface area contributed by atoms with Gasteiger partial charge in [-0.2, -0.15) is 4.31 Å². The number of benzene rings is 1. The van der Waals surface area contributed by atoms with Crippen LogP contribution in [0.4, 0.5) is 11.4 Å². The van der Waals surface area contributed by atoms with Gasteiger partial charge in [-0.05, 0) is 25.0 Å². The van der Waals surface area contributed by atoms with Crippen LogP contribution in [0.5, 0.6) is 0 Å². The van der Waals surface area contributed by atoms with E-state index in [4.69, 9.17) is 4.74 Å². The zero-order valence-corrected chi connectivity index (χ0v) is 18.8. The highest BCUT2D eigenvalue weighted by Gasteiger charge is 2.32. The van der Waals surface area contributed by atoms with Gasteiger partial charge in [0.2, 0.25) is 15.9 Å². The Morgan fingerprint density at radius 1 is 1.16 bits per heavy atom. The summed E-state index contributed by atoms with van der Waals surface area (Å²) >= 11 is 0. The van der Waals surface area contributed by atoms with Gasteiger partial charge in [0.25, 0.3) is 5.69 Å². The van der Waals surface area contributed by atoms with Crippen LogP contribution in [0.2, 0.25) is 0 Å². The van der Waals surface area contributed by atoms with Crippen molar-refractivity contribution >= 4 is 27.3 Å². The predicted molar refractivity (Wildman–Crippen MR) is 116 cm³/mol. The fourth-order valence-corrected chi connectivity index (χ4v) is 5.64. The smallest absolute Gasteiger partial charge is 0.293 e. The average Bonchev–Trinajstić information content (AvgIpc) is 2.79. The maximum absolute atomic E-state index is 12.8. The fourth-order valence-electron chi connectivity index (χ4n) is 4.16. The van der Waals surface area contributed by atoms with Gasteiger partial charge in [0.05, 0.1) is 9.82 Å². The highest BCUT2D eigenvalue weighted by molar-refractivity contribution is 7.89. The third-order valence-electron chi connectivity index (χ3n) is 5.99. The van der Waals surface area contributed by atoms with Gasteiger partial charge in [0.15, 0.2) is 0 Å². The Kier molecular flexibility index (Phi) is 7.50. The van der Waals surface area contributed by atoms with Crippen molar-refractivity contribution in [2.24, 2.45) is 5.92 Å². The van der Waals surface area contributed by atoms with Gasteiger partial charge in [-0.1, -0.05) is 13.8 Å². The molecule has 0 unspecified atom stereocenters. The molecule has 10 nitrogen and oxygen atoms in total. The predicted octanol–water partition coefficient (Wildman–Crippen LogP) is 1.70. The molecule has 0 aliphatic carbocycles. The Labute approximate surface area is 182 Å². The number of ether oxygens (including phenoxy) is 1. The number of hydrogen-bond donors (Lipinski definition) is 0. The van der Waals surface area contributed by atoms with Crippen LogP contribution < -0.4 is 4.90 Å². The van der Waals surface area contributed by atoms with Gasteiger partial charge in [-0.3, -0.25) is 14.9 Å². The Bertz CT molecular complexity index is 904. The molecule has 11 heteroatoms. The molecule has 0 bridgehead atoms. The second-order valence-corrected chi connectivity index (χ2v) is 9.63. The van der Waals surface area contributed by atoms with Crippen LogP contribution in [0.3, 0.4) is 0 Å². The Balaban J connectivity index is 1.76. The van der Waals surface area contributed by atoms with Crippen molar-refractivity contribution < 1.29 is 22.9 Å². The van der Waals surface area contributed by atoms with E-state index in [9.17, 15) is 23.3 Å². The summed E-state index contributed by atoms with van der Waals surface area (Å²) in [4.78, 5) is 27.5. The molecule has 1 amide bonds. The van der Waals surface area contributed by atoms with Gasteiger partial charge < -0.3 is 14.5 Å². The van der Waals surface area contributed by atoms with Crippen LogP contribution in [0.25, 0.3) is 0 Å².